The largest absolute Gasteiger partial charge is 0.486 e. The number of sulfonamides is 1. The second-order valence-corrected chi connectivity index (χ2v) is 12.0. The second-order valence-electron chi connectivity index (χ2n) is 9.73. The summed E-state index contributed by atoms with van der Waals surface area (Å²) in [6.45, 7) is 6.16. The molecule has 0 aromatic heterocycles. The van der Waals surface area contributed by atoms with Crippen LogP contribution in [-0.4, -0.2) is 80.6 Å². The first-order valence-corrected chi connectivity index (χ1v) is 14.7. The summed E-state index contributed by atoms with van der Waals surface area (Å²) in [5, 5.41) is 10.5. The molecule has 3 aliphatic rings. The third-order valence-electron chi connectivity index (χ3n) is 7.48. The van der Waals surface area contributed by atoms with Gasteiger partial charge in [-0.1, -0.05) is 19.1 Å². The number of carbonyl (C=O) groups is 1. The maximum Gasteiger partial charge on any atom is 0.309 e. The van der Waals surface area contributed by atoms with Crippen molar-refractivity contribution >= 4 is 16.0 Å². The fourth-order valence-corrected chi connectivity index (χ4v) is 6.83. The SMILES string of the molecule is CCCN(CCN1C[C@H](c2ccc3c(c2)OCO3)[C@@H](C(=O)O)[C@@H]1c1ccc2c(c1)OCCO2)S(=O)(=O)CC. The van der Waals surface area contributed by atoms with Crippen LogP contribution in [0, 0.1) is 5.92 Å². The van der Waals surface area contributed by atoms with E-state index in [-0.39, 0.29) is 25.0 Å². The Balaban J connectivity index is 1.51. The highest BCUT2D eigenvalue weighted by atomic mass is 32.2. The molecule has 0 radical (unpaired) electrons. The summed E-state index contributed by atoms with van der Waals surface area (Å²) < 4.78 is 49.5. The van der Waals surface area contributed by atoms with Gasteiger partial charge in [0.25, 0.3) is 0 Å². The normalized spacial score (nSPS) is 22.7. The predicted octanol–water partition coefficient (Wildman–Crippen LogP) is 3.09. The lowest BCUT2D eigenvalue weighted by atomic mass is 9.82. The van der Waals surface area contributed by atoms with Crippen molar-refractivity contribution in [2.45, 2.75) is 32.2 Å². The van der Waals surface area contributed by atoms with Gasteiger partial charge in [0.05, 0.1) is 11.7 Å². The lowest BCUT2D eigenvalue weighted by Crippen LogP contribution is -2.40. The van der Waals surface area contributed by atoms with Gasteiger partial charge in [-0.2, -0.15) is 0 Å². The molecule has 1 N–H and O–H groups in total. The molecule has 0 saturated carbocycles. The molecule has 0 amide bonds. The Labute approximate surface area is 223 Å². The number of fused-ring (bicyclic) bond motifs is 2. The van der Waals surface area contributed by atoms with Gasteiger partial charge >= 0.3 is 5.97 Å². The first-order chi connectivity index (χ1) is 18.3. The van der Waals surface area contributed by atoms with Crippen LogP contribution in [0.25, 0.3) is 0 Å². The summed E-state index contributed by atoms with van der Waals surface area (Å²) in [6, 6.07) is 10.6. The monoisotopic (exact) mass is 546 g/mol. The van der Waals surface area contributed by atoms with Gasteiger partial charge in [0.15, 0.2) is 23.0 Å². The first kappa shape index (κ1) is 26.6. The van der Waals surface area contributed by atoms with Crippen molar-refractivity contribution < 1.29 is 37.3 Å². The number of nitrogens with zero attached hydrogens (tertiary/aromatic N) is 2. The van der Waals surface area contributed by atoms with E-state index in [9.17, 15) is 18.3 Å². The van der Waals surface area contributed by atoms with Crippen LogP contribution in [0.2, 0.25) is 0 Å². The summed E-state index contributed by atoms with van der Waals surface area (Å²) in [7, 11) is -3.39. The van der Waals surface area contributed by atoms with E-state index < -0.39 is 28.0 Å². The fraction of sp³-hybridized carbons (Fsp3) is 0.519. The lowest BCUT2D eigenvalue weighted by Gasteiger charge is -2.30. The standard InChI is InChI=1S/C27H34N2O8S/c1-3-9-29(38(32,33)4-2)11-10-28-16-20(18-5-7-22-24(14-18)37-17-36-22)25(27(30)31)26(28)19-6-8-21-23(15-19)35-13-12-34-21/h5-8,14-15,20,25-26H,3-4,9-13,16-17H2,1-2H3,(H,30,31)/t20-,25-,26+/m1/s1. The number of carboxylic acid groups (broad SMARTS) is 1. The molecule has 206 valence electrons. The molecule has 2 aromatic carbocycles. The Morgan fingerprint density at radius 1 is 0.947 bits per heavy atom. The zero-order chi connectivity index (χ0) is 26.9. The Morgan fingerprint density at radius 2 is 1.58 bits per heavy atom. The summed E-state index contributed by atoms with van der Waals surface area (Å²) in [5.74, 6) is 0.445. The van der Waals surface area contributed by atoms with E-state index in [4.69, 9.17) is 18.9 Å². The maximum absolute atomic E-state index is 12.8. The highest BCUT2D eigenvalue weighted by molar-refractivity contribution is 7.89. The molecule has 0 spiro atoms. The molecular weight excluding hydrogens is 512 g/mol. The van der Waals surface area contributed by atoms with Gasteiger partial charge in [-0.3, -0.25) is 9.69 Å². The molecule has 0 bridgehead atoms. The van der Waals surface area contributed by atoms with Gasteiger partial charge in [0.1, 0.15) is 13.2 Å². The highest BCUT2D eigenvalue weighted by Gasteiger charge is 2.48. The van der Waals surface area contributed by atoms with Crippen molar-refractivity contribution in [3.8, 4) is 23.0 Å². The summed E-state index contributed by atoms with van der Waals surface area (Å²) in [6.07, 6.45) is 0.697. The van der Waals surface area contributed by atoms with Crippen molar-refractivity contribution in [2.24, 2.45) is 5.92 Å². The van der Waals surface area contributed by atoms with E-state index in [2.05, 4.69) is 4.90 Å². The number of aliphatic carboxylic acids is 1. The number of ether oxygens (including phenoxy) is 4. The average molecular weight is 547 g/mol. The smallest absolute Gasteiger partial charge is 0.309 e. The van der Waals surface area contributed by atoms with Crippen LogP contribution < -0.4 is 18.9 Å². The Morgan fingerprint density at radius 3 is 2.29 bits per heavy atom. The van der Waals surface area contributed by atoms with Crippen molar-refractivity contribution in [1.82, 2.24) is 9.21 Å². The quantitative estimate of drug-likeness (QED) is 0.480. The van der Waals surface area contributed by atoms with Crippen LogP contribution in [-0.2, 0) is 14.8 Å². The van der Waals surface area contributed by atoms with Crippen LogP contribution in [0.4, 0.5) is 0 Å². The fourth-order valence-electron chi connectivity index (χ4n) is 5.64. The molecule has 0 aliphatic carbocycles. The number of hydrogen-bond donors (Lipinski definition) is 1. The number of benzene rings is 2. The predicted molar refractivity (Wildman–Crippen MR) is 140 cm³/mol. The van der Waals surface area contributed by atoms with Gasteiger partial charge in [0.2, 0.25) is 16.8 Å². The molecular formula is C27H34N2O8S. The molecule has 38 heavy (non-hydrogen) atoms. The van der Waals surface area contributed by atoms with Crippen molar-refractivity contribution in [3.63, 3.8) is 0 Å². The average Bonchev–Trinajstić information content (AvgIpc) is 3.55. The number of carboxylic acids is 1. The molecule has 3 heterocycles. The summed E-state index contributed by atoms with van der Waals surface area (Å²) in [5.41, 5.74) is 1.64. The molecule has 11 heteroatoms. The molecule has 3 atom stereocenters. The second kappa shape index (κ2) is 11.0. The maximum atomic E-state index is 12.8. The molecule has 10 nitrogen and oxygen atoms in total. The molecule has 5 rings (SSSR count). The summed E-state index contributed by atoms with van der Waals surface area (Å²) in [4.78, 5) is 14.9. The summed E-state index contributed by atoms with van der Waals surface area (Å²) >= 11 is 0. The molecule has 3 aliphatic heterocycles. The minimum Gasteiger partial charge on any atom is -0.486 e. The third-order valence-corrected chi connectivity index (χ3v) is 9.37. The van der Waals surface area contributed by atoms with Crippen LogP contribution in [0.1, 0.15) is 43.4 Å². The number of likely N-dealkylation sites (tertiary alicyclic amines) is 1. The van der Waals surface area contributed by atoms with E-state index in [1.165, 1.54) is 4.31 Å². The van der Waals surface area contributed by atoms with Crippen LogP contribution >= 0.6 is 0 Å². The van der Waals surface area contributed by atoms with Crippen molar-refractivity contribution in [3.05, 3.63) is 47.5 Å². The lowest BCUT2D eigenvalue weighted by molar-refractivity contribution is -0.143. The first-order valence-electron chi connectivity index (χ1n) is 13.1. The van der Waals surface area contributed by atoms with E-state index >= 15 is 0 Å². The zero-order valence-corrected chi connectivity index (χ0v) is 22.5. The molecule has 1 saturated heterocycles. The topological polar surface area (TPSA) is 115 Å². The molecule has 2 aromatic rings. The van der Waals surface area contributed by atoms with Crippen molar-refractivity contribution in [2.75, 3.05) is 51.9 Å². The number of rotatable bonds is 10. The number of hydrogen-bond acceptors (Lipinski definition) is 8. The van der Waals surface area contributed by atoms with Crippen molar-refractivity contribution in [1.29, 1.82) is 0 Å². The minimum absolute atomic E-state index is 0.0240. The molecule has 1 fully saturated rings. The Kier molecular flexibility index (Phi) is 7.69. The van der Waals surface area contributed by atoms with E-state index in [1.807, 2.05) is 43.3 Å². The van der Waals surface area contributed by atoms with Gasteiger partial charge in [-0.25, -0.2) is 12.7 Å². The minimum atomic E-state index is -3.39. The van der Waals surface area contributed by atoms with E-state index in [0.29, 0.717) is 62.3 Å². The van der Waals surface area contributed by atoms with E-state index in [1.54, 1.807) is 6.92 Å². The Hall–Kier alpha value is -3.02. The van der Waals surface area contributed by atoms with Gasteiger partial charge in [0, 0.05) is 38.1 Å². The Bertz CT molecular complexity index is 1280. The van der Waals surface area contributed by atoms with Gasteiger partial charge in [-0.15, -0.1) is 0 Å². The van der Waals surface area contributed by atoms with Crippen LogP contribution in [0.15, 0.2) is 36.4 Å². The van der Waals surface area contributed by atoms with Gasteiger partial charge in [-0.05, 0) is 48.7 Å². The van der Waals surface area contributed by atoms with Crippen LogP contribution in [0.3, 0.4) is 0 Å². The van der Waals surface area contributed by atoms with Gasteiger partial charge < -0.3 is 24.1 Å². The molecule has 0 unspecified atom stereocenters. The highest BCUT2D eigenvalue weighted by Crippen LogP contribution is 2.48. The third kappa shape index (κ3) is 5.14. The van der Waals surface area contributed by atoms with Crippen LogP contribution in [0.5, 0.6) is 23.0 Å². The van der Waals surface area contributed by atoms with E-state index in [0.717, 1.165) is 11.1 Å². The zero-order valence-electron chi connectivity index (χ0n) is 21.7.